The van der Waals surface area contributed by atoms with Gasteiger partial charge in [0.05, 0.1) is 5.52 Å². The summed E-state index contributed by atoms with van der Waals surface area (Å²) in [5.41, 5.74) is 5.82. The first-order chi connectivity index (χ1) is 5.27. The van der Waals surface area contributed by atoms with Crippen molar-refractivity contribution < 1.29 is 0 Å². The highest BCUT2D eigenvalue weighted by Crippen LogP contribution is 2.13. The van der Waals surface area contributed by atoms with Crippen LogP contribution < -0.4 is 11.3 Å². The average Bonchev–Trinajstić information content (AvgIpc) is 2.34. The Morgan fingerprint density at radius 2 is 2.45 bits per heavy atom. The molecular weight excluding hydrogens is 162 g/mol. The molecule has 0 atom stereocenters. The lowest BCUT2D eigenvalue weighted by Gasteiger charge is -1.90. The molecule has 0 aliphatic heterocycles. The number of aromatic amines is 1. The van der Waals surface area contributed by atoms with E-state index in [2.05, 4.69) is 9.97 Å². The van der Waals surface area contributed by atoms with Crippen LogP contribution >= 0.6 is 11.3 Å². The number of aromatic nitrogens is 2. The first-order valence-corrected chi connectivity index (χ1v) is 3.88. The van der Waals surface area contributed by atoms with Crippen molar-refractivity contribution in [1.82, 2.24) is 9.97 Å². The molecule has 0 radical (unpaired) electrons. The van der Waals surface area contributed by atoms with E-state index < -0.39 is 0 Å². The second-order valence-corrected chi connectivity index (χ2v) is 3.00. The number of nitrogens with two attached hydrogens (primary N) is 1. The molecule has 2 heterocycles. The van der Waals surface area contributed by atoms with E-state index >= 15 is 0 Å². The zero-order chi connectivity index (χ0) is 7.84. The Morgan fingerprint density at radius 3 is 3.27 bits per heavy atom. The average molecular weight is 167 g/mol. The predicted octanol–water partition coefficient (Wildman–Crippen LogP) is 0.567. The van der Waals surface area contributed by atoms with Gasteiger partial charge in [-0.25, -0.2) is 4.98 Å². The second-order valence-electron chi connectivity index (χ2n) is 2.09. The molecule has 0 bridgehead atoms. The number of nitrogens with one attached hydrogen (secondary N) is 1. The minimum atomic E-state index is -0.164. The minimum absolute atomic E-state index is 0.164. The third-order valence-electron chi connectivity index (χ3n) is 1.33. The van der Waals surface area contributed by atoms with Gasteiger partial charge in [0.1, 0.15) is 4.70 Å². The number of fused-ring (bicyclic) bond motifs is 1. The molecule has 0 aliphatic rings. The van der Waals surface area contributed by atoms with Crippen LogP contribution in [-0.4, -0.2) is 9.97 Å². The quantitative estimate of drug-likeness (QED) is 0.602. The highest BCUT2D eigenvalue weighted by Gasteiger charge is 2.00. The molecule has 0 unspecified atom stereocenters. The van der Waals surface area contributed by atoms with E-state index in [4.69, 9.17) is 5.73 Å². The van der Waals surface area contributed by atoms with Gasteiger partial charge in [0.15, 0.2) is 0 Å². The van der Waals surface area contributed by atoms with E-state index in [9.17, 15) is 4.79 Å². The Labute approximate surface area is 65.7 Å². The van der Waals surface area contributed by atoms with Crippen LogP contribution in [0.4, 0.5) is 5.95 Å². The van der Waals surface area contributed by atoms with Crippen LogP contribution in [0.2, 0.25) is 0 Å². The molecule has 3 N–H and O–H groups in total. The number of nitrogens with zero attached hydrogens (tertiary/aromatic N) is 1. The Bertz CT molecular complexity index is 444. The highest BCUT2D eigenvalue weighted by atomic mass is 32.1. The molecule has 2 rings (SSSR count). The second kappa shape index (κ2) is 2.06. The van der Waals surface area contributed by atoms with Crippen LogP contribution in [0.15, 0.2) is 16.2 Å². The fourth-order valence-corrected chi connectivity index (χ4v) is 1.62. The molecule has 11 heavy (non-hydrogen) atoms. The third-order valence-corrected chi connectivity index (χ3v) is 2.24. The number of nitrogen functional groups attached to an aromatic ring is 1. The summed E-state index contributed by atoms with van der Waals surface area (Å²) in [6, 6.07) is 1.77. The van der Waals surface area contributed by atoms with Crippen molar-refractivity contribution in [3.8, 4) is 0 Å². The number of anilines is 1. The maximum Gasteiger partial charge on any atom is 0.270 e. The summed E-state index contributed by atoms with van der Waals surface area (Å²) < 4.78 is 0.624. The lowest BCUT2D eigenvalue weighted by Crippen LogP contribution is -2.09. The molecule has 0 aliphatic carbocycles. The fraction of sp³-hybridized carbons (Fsp3) is 0. The smallest absolute Gasteiger partial charge is 0.270 e. The van der Waals surface area contributed by atoms with Crippen LogP contribution in [0.25, 0.3) is 10.2 Å². The van der Waals surface area contributed by atoms with E-state index in [1.54, 1.807) is 6.07 Å². The molecule has 2 aromatic heterocycles. The standard InChI is InChI=1S/C6H5N3OS/c7-6-8-3-1-2-11-4(3)5(10)9-6/h1-2H,(H3,7,8,9,10). The first kappa shape index (κ1) is 6.36. The summed E-state index contributed by atoms with van der Waals surface area (Å²) in [4.78, 5) is 17.4. The minimum Gasteiger partial charge on any atom is -0.369 e. The van der Waals surface area contributed by atoms with Crippen LogP contribution in [0.1, 0.15) is 0 Å². The number of H-pyrrole nitrogens is 1. The maximum absolute atomic E-state index is 11.1. The Kier molecular flexibility index (Phi) is 1.19. The summed E-state index contributed by atoms with van der Waals surface area (Å²) in [5.74, 6) is 0.168. The molecular formula is C6H5N3OS. The van der Waals surface area contributed by atoms with E-state index in [1.807, 2.05) is 5.38 Å². The van der Waals surface area contributed by atoms with E-state index in [-0.39, 0.29) is 11.5 Å². The third kappa shape index (κ3) is 0.894. The van der Waals surface area contributed by atoms with Crippen LogP contribution in [0, 0.1) is 0 Å². The molecule has 0 saturated heterocycles. The molecule has 0 spiro atoms. The normalized spacial score (nSPS) is 10.5. The SMILES string of the molecule is Nc1nc2ccsc2c(=O)[nH]1. The summed E-state index contributed by atoms with van der Waals surface area (Å²) in [7, 11) is 0. The van der Waals surface area contributed by atoms with Gasteiger partial charge in [-0.1, -0.05) is 0 Å². The monoisotopic (exact) mass is 167 g/mol. The van der Waals surface area contributed by atoms with Crippen LogP contribution in [-0.2, 0) is 0 Å². The van der Waals surface area contributed by atoms with E-state index in [0.717, 1.165) is 0 Å². The van der Waals surface area contributed by atoms with Gasteiger partial charge in [-0.2, -0.15) is 0 Å². The van der Waals surface area contributed by atoms with Crippen LogP contribution in [0.5, 0.6) is 0 Å². The van der Waals surface area contributed by atoms with Crippen molar-refractivity contribution in [2.45, 2.75) is 0 Å². The number of thiophene rings is 1. The molecule has 2 aromatic rings. The molecule has 0 saturated carbocycles. The van der Waals surface area contributed by atoms with Gasteiger partial charge in [-0.15, -0.1) is 11.3 Å². The van der Waals surface area contributed by atoms with Crippen molar-refractivity contribution in [3.05, 3.63) is 21.8 Å². The molecule has 0 aromatic carbocycles. The van der Waals surface area contributed by atoms with Crippen molar-refractivity contribution in [2.24, 2.45) is 0 Å². The molecule has 4 nitrogen and oxygen atoms in total. The van der Waals surface area contributed by atoms with Crippen molar-refractivity contribution in [2.75, 3.05) is 5.73 Å². The molecule has 0 fully saturated rings. The lowest BCUT2D eigenvalue weighted by atomic mass is 10.5. The van der Waals surface area contributed by atoms with Crippen molar-refractivity contribution in [1.29, 1.82) is 0 Å². The van der Waals surface area contributed by atoms with Gasteiger partial charge >= 0.3 is 0 Å². The largest absolute Gasteiger partial charge is 0.369 e. The van der Waals surface area contributed by atoms with Gasteiger partial charge in [0.25, 0.3) is 5.56 Å². The van der Waals surface area contributed by atoms with E-state index in [0.29, 0.717) is 10.2 Å². The predicted molar refractivity (Wildman–Crippen MR) is 44.7 cm³/mol. The van der Waals surface area contributed by atoms with Crippen LogP contribution in [0.3, 0.4) is 0 Å². The Balaban J connectivity index is 3.02. The lowest BCUT2D eigenvalue weighted by molar-refractivity contribution is 1.20. The Morgan fingerprint density at radius 1 is 1.64 bits per heavy atom. The maximum atomic E-state index is 11.1. The molecule has 0 amide bonds. The zero-order valence-electron chi connectivity index (χ0n) is 5.50. The fourth-order valence-electron chi connectivity index (χ4n) is 0.891. The topological polar surface area (TPSA) is 71.8 Å². The molecule has 56 valence electrons. The van der Waals surface area contributed by atoms with E-state index in [1.165, 1.54) is 11.3 Å². The summed E-state index contributed by atoms with van der Waals surface area (Å²) >= 11 is 1.36. The summed E-state index contributed by atoms with van der Waals surface area (Å²) in [6.45, 7) is 0. The number of rotatable bonds is 0. The highest BCUT2D eigenvalue weighted by molar-refractivity contribution is 7.17. The van der Waals surface area contributed by atoms with Crippen molar-refractivity contribution in [3.63, 3.8) is 0 Å². The van der Waals surface area contributed by atoms with Crippen molar-refractivity contribution >= 4 is 27.5 Å². The Hall–Kier alpha value is -1.36. The first-order valence-electron chi connectivity index (χ1n) is 3.00. The van der Waals surface area contributed by atoms with Gasteiger partial charge in [0, 0.05) is 0 Å². The number of hydrogen-bond acceptors (Lipinski definition) is 4. The zero-order valence-corrected chi connectivity index (χ0v) is 6.31. The molecule has 5 heteroatoms. The summed E-state index contributed by atoms with van der Waals surface area (Å²) in [5, 5.41) is 1.81. The summed E-state index contributed by atoms with van der Waals surface area (Å²) in [6.07, 6.45) is 0. The van der Waals surface area contributed by atoms with Gasteiger partial charge in [0.2, 0.25) is 5.95 Å². The number of hydrogen-bond donors (Lipinski definition) is 2. The van der Waals surface area contributed by atoms with Gasteiger partial charge < -0.3 is 5.73 Å². The van der Waals surface area contributed by atoms with Gasteiger partial charge in [-0.3, -0.25) is 9.78 Å². The van der Waals surface area contributed by atoms with Gasteiger partial charge in [-0.05, 0) is 11.4 Å².